The number of nitrogens with zero attached hydrogens (tertiary/aromatic N) is 1. The number of ether oxygens (including phenoxy) is 3. The van der Waals surface area contributed by atoms with Crippen LogP contribution in [0.3, 0.4) is 0 Å². The fourth-order valence-electron chi connectivity index (χ4n) is 3.66. The minimum absolute atomic E-state index is 0.0287. The minimum Gasteiger partial charge on any atom is -0.497 e. The van der Waals surface area contributed by atoms with E-state index in [1.807, 2.05) is 36.4 Å². The molecule has 8 heteroatoms. The fraction of sp³-hybridized carbons (Fsp3) is 0.381. The molecule has 0 aromatic heterocycles. The third-order valence-corrected chi connectivity index (χ3v) is 6.98. The highest BCUT2D eigenvalue weighted by atomic mass is 32.2. The predicted octanol–water partition coefficient (Wildman–Crippen LogP) is 2.05. The maximum Gasteiger partial charge on any atom is 0.267 e. The second-order valence-electron chi connectivity index (χ2n) is 7.24. The highest BCUT2D eigenvalue weighted by Gasteiger charge is 2.39. The van der Waals surface area contributed by atoms with E-state index >= 15 is 0 Å². The molecule has 2 aliphatic rings. The van der Waals surface area contributed by atoms with Gasteiger partial charge in [-0.25, -0.2) is 8.42 Å². The lowest BCUT2D eigenvalue weighted by molar-refractivity contribution is -0.143. The monoisotopic (exact) mass is 417 g/mol. The summed E-state index contributed by atoms with van der Waals surface area (Å²) < 4.78 is 40.8. The number of fused-ring (bicyclic) bond motifs is 1. The molecular weight excluding hydrogens is 394 g/mol. The highest BCUT2D eigenvalue weighted by molar-refractivity contribution is 7.91. The lowest BCUT2D eigenvalue weighted by Crippen LogP contribution is -2.50. The second-order valence-corrected chi connectivity index (χ2v) is 9.46. The van der Waals surface area contributed by atoms with Gasteiger partial charge >= 0.3 is 0 Å². The highest BCUT2D eigenvalue weighted by Crippen LogP contribution is 2.32. The van der Waals surface area contributed by atoms with Crippen molar-refractivity contribution in [2.75, 3.05) is 25.2 Å². The van der Waals surface area contributed by atoms with E-state index < -0.39 is 15.9 Å². The molecule has 0 unspecified atom stereocenters. The van der Waals surface area contributed by atoms with Crippen molar-refractivity contribution in [1.29, 1.82) is 0 Å². The smallest absolute Gasteiger partial charge is 0.267 e. The van der Waals surface area contributed by atoms with Crippen molar-refractivity contribution in [3.8, 4) is 17.2 Å². The van der Waals surface area contributed by atoms with Crippen LogP contribution in [0.15, 0.2) is 48.5 Å². The van der Waals surface area contributed by atoms with Gasteiger partial charge in [-0.1, -0.05) is 24.3 Å². The van der Waals surface area contributed by atoms with E-state index in [0.29, 0.717) is 24.5 Å². The van der Waals surface area contributed by atoms with Crippen LogP contribution in [0.5, 0.6) is 17.2 Å². The third kappa shape index (κ3) is 4.32. The summed E-state index contributed by atoms with van der Waals surface area (Å²) in [6.07, 6.45) is -0.388. The SMILES string of the molecule is COc1ccc(CN(C(=O)[C@H]2COc3ccccc3O2)[C@@H]2CCS(=O)(=O)C2)cc1. The normalized spacial score (nSPS) is 22.1. The van der Waals surface area contributed by atoms with Crippen molar-refractivity contribution in [3.63, 3.8) is 0 Å². The summed E-state index contributed by atoms with van der Waals surface area (Å²) in [7, 11) is -1.55. The van der Waals surface area contributed by atoms with Crippen LogP contribution in [-0.4, -0.2) is 56.6 Å². The van der Waals surface area contributed by atoms with Crippen molar-refractivity contribution in [2.45, 2.75) is 25.1 Å². The van der Waals surface area contributed by atoms with Crippen molar-refractivity contribution in [3.05, 3.63) is 54.1 Å². The van der Waals surface area contributed by atoms with Crippen LogP contribution < -0.4 is 14.2 Å². The Morgan fingerprint density at radius 1 is 1.14 bits per heavy atom. The van der Waals surface area contributed by atoms with Crippen LogP contribution in [-0.2, 0) is 21.2 Å². The van der Waals surface area contributed by atoms with Gasteiger partial charge in [0.1, 0.15) is 12.4 Å². The Hall–Kier alpha value is -2.74. The topological polar surface area (TPSA) is 82.1 Å². The standard InChI is InChI=1S/C21H23NO6S/c1-26-17-8-6-15(7-9-17)12-22(16-10-11-29(24,25)14-16)21(23)20-13-27-18-4-2-3-5-19(18)28-20/h2-9,16,20H,10-14H2,1H3/t16-,20-/m1/s1. The zero-order chi connectivity index (χ0) is 20.4. The third-order valence-electron chi connectivity index (χ3n) is 5.23. The Morgan fingerprint density at radius 2 is 1.86 bits per heavy atom. The number of sulfone groups is 1. The summed E-state index contributed by atoms with van der Waals surface area (Å²) >= 11 is 0. The van der Waals surface area contributed by atoms with Gasteiger partial charge in [0.25, 0.3) is 5.91 Å². The van der Waals surface area contributed by atoms with Gasteiger partial charge in [-0.2, -0.15) is 0 Å². The Bertz CT molecular complexity index is 988. The van der Waals surface area contributed by atoms with Gasteiger partial charge in [0.15, 0.2) is 21.3 Å². The Morgan fingerprint density at radius 3 is 2.52 bits per heavy atom. The Balaban J connectivity index is 1.56. The van der Waals surface area contributed by atoms with E-state index in [9.17, 15) is 13.2 Å². The molecule has 7 nitrogen and oxygen atoms in total. The predicted molar refractivity (Wildman–Crippen MR) is 107 cm³/mol. The molecule has 0 spiro atoms. The van der Waals surface area contributed by atoms with Crippen LogP contribution >= 0.6 is 0 Å². The number of carbonyl (C=O) groups is 1. The van der Waals surface area contributed by atoms with Crippen LogP contribution in [0.4, 0.5) is 0 Å². The molecule has 1 fully saturated rings. The molecule has 2 aromatic carbocycles. The number of rotatable bonds is 5. The first kappa shape index (κ1) is 19.6. The van der Waals surface area contributed by atoms with E-state index in [-0.39, 0.29) is 30.1 Å². The van der Waals surface area contributed by atoms with Crippen molar-refractivity contribution >= 4 is 15.7 Å². The van der Waals surface area contributed by atoms with Gasteiger partial charge in [0, 0.05) is 12.6 Å². The van der Waals surface area contributed by atoms with Gasteiger partial charge in [-0.3, -0.25) is 4.79 Å². The number of benzene rings is 2. The molecule has 1 amide bonds. The molecule has 0 N–H and O–H groups in total. The largest absolute Gasteiger partial charge is 0.497 e. The summed E-state index contributed by atoms with van der Waals surface area (Å²) in [4.78, 5) is 15.0. The molecule has 2 aromatic rings. The summed E-state index contributed by atoms with van der Waals surface area (Å²) in [5.41, 5.74) is 0.889. The zero-order valence-corrected chi connectivity index (χ0v) is 16.9. The lowest BCUT2D eigenvalue weighted by atomic mass is 10.1. The van der Waals surface area contributed by atoms with Gasteiger partial charge in [-0.05, 0) is 36.2 Å². The van der Waals surface area contributed by atoms with Crippen molar-refractivity contribution in [1.82, 2.24) is 4.90 Å². The van der Waals surface area contributed by atoms with E-state index in [2.05, 4.69) is 0 Å². The zero-order valence-electron chi connectivity index (χ0n) is 16.1. The summed E-state index contributed by atoms with van der Waals surface area (Å²) in [6.45, 7) is 0.388. The molecule has 0 saturated carbocycles. The van der Waals surface area contributed by atoms with Crippen molar-refractivity contribution < 1.29 is 27.4 Å². The molecule has 0 bridgehead atoms. The molecule has 4 rings (SSSR count). The van der Waals surface area contributed by atoms with Crippen LogP contribution in [0.2, 0.25) is 0 Å². The number of amides is 1. The van der Waals surface area contributed by atoms with Gasteiger partial charge < -0.3 is 19.1 Å². The minimum atomic E-state index is -3.14. The van der Waals surface area contributed by atoms with E-state index in [1.54, 1.807) is 24.1 Å². The van der Waals surface area contributed by atoms with Crippen molar-refractivity contribution in [2.24, 2.45) is 0 Å². The maximum absolute atomic E-state index is 13.3. The first-order chi connectivity index (χ1) is 13.9. The number of hydrogen-bond acceptors (Lipinski definition) is 6. The van der Waals surface area contributed by atoms with Crippen LogP contribution in [0, 0.1) is 0 Å². The molecule has 29 heavy (non-hydrogen) atoms. The average Bonchev–Trinajstić information content (AvgIpc) is 3.11. The molecule has 2 heterocycles. The summed E-state index contributed by atoms with van der Waals surface area (Å²) in [5.74, 6) is 1.63. The Kier molecular flexibility index (Phi) is 5.36. The first-order valence-electron chi connectivity index (χ1n) is 9.47. The Labute approximate surface area is 170 Å². The second kappa shape index (κ2) is 7.94. The molecule has 0 aliphatic carbocycles. The van der Waals surface area contributed by atoms with Crippen LogP contribution in [0.25, 0.3) is 0 Å². The summed E-state index contributed by atoms with van der Waals surface area (Å²) in [6, 6.07) is 14.2. The molecule has 2 atom stereocenters. The number of methoxy groups -OCH3 is 1. The number of hydrogen-bond donors (Lipinski definition) is 0. The first-order valence-corrected chi connectivity index (χ1v) is 11.3. The fourth-order valence-corrected chi connectivity index (χ4v) is 5.39. The quantitative estimate of drug-likeness (QED) is 0.741. The average molecular weight is 417 g/mol. The molecule has 0 radical (unpaired) electrons. The molecular formula is C21H23NO6S. The van der Waals surface area contributed by atoms with E-state index in [1.165, 1.54) is 0 Å². The number of para-hydroxylation sites is 2. The molecule has 154 valence electrons. The lowest BCUT2D eigenvalue weighted by Gasteiger charge is -2.34. The van der Waals surface area contributed by atoms with Crippen LogP contribution in [0.1, 0.15) is 12.0 Å². The maximum atomic E-state index is 13.3. The van der Waals surface area contributed by atoms with Gasteiger partial charge in [0.05, 0.1) is 18.6 Å². The van der Waals surface area contributed by atoms with Gasteiger partial charge in [0.2, 0.25) is 6.10 Å². The van der Waals surface area contributed by atoms with E-state index in [4.69, 9.17) is 14.2 Å². The summed E-state index contributed by atoms with van der Waals surface area (Å²) in [5, 5.41) is 0. The molecule has 2 aliphatic heterocycles. The van der Waals surface area contributed by atoms with Gasteiger partial charge in [-0.15, -0.1) is 0 Å². The van der Waals surface area contributed by atoms with E-state index in [0.717, 1.165) is 11.3 Å². The molecule has 1 saturated heterocycles. The number of carbonyl (C=O) groups excluding carboxylic acids is 1.